The fourth-order valence-corrected chi connectivity index (χ4v) is 8.06. The first-order chi connectivity index (χ1) is 30.2. The first-order valence-corrected chi connectivity index (χ1v) is 20.2. The van der Waals surface area contributed by atoms with Crippen LogP contribution in [0.25, 0.3) is 107 Å². The number of hydrogen-bond donors (Lipinski definition) is 0. The van der Waals surface area contributed by atoms with Gasteiger partial charge in [-0.3, -0.25) is 0 Å². The Hall–Kier alpha value is -8.42. The third kappa shape index (κ3) is 6.70. The highest BCUT2D eigenvalue weighted by molar-refractivity contribution is 6.15. The molecule has 0 aliphatic carbocycles. The lowest BCUT2D eigenvalue weighted by Gasteiger charge is -2.15. The Morgan fingerprint density at radius 2 is 0.656 bits per heavy atom. The Kier molecular flexibility index (Phi) is 9.02. The zero-order valence-corrected chi connectivity index (χ0v) is 32.8. The molecule has 0 N–H and O–H groups in total. The minimum Gasteiger partial charge on any atom is -0.308 e. The molecule has 7 heteroatoms. The fourth-order valence-electron chi connectivity index (χ4n) is 8.06. The minimum atomic E-state index is 0.581. The molecule has 0 aliphatic heterocycles. The maximum atomic E-state index is 5.26. The molecule has 8 aromatic carbocycles. The Morgan fingerprint density at radius 3 is 1.26 bits per heavy atom. The standard InChI is InChI=1S/C54H35N7/c1-5-19-36(20-6-1)40-27-17-28-41(35-40)52-56-51(39-25-11-4-12-26-39)59-54(60-52)44-31-18-34-47-48(44)42-29-13-15-32-45(42)61(47)46-33-16-14-30-43(46)53-57-49(37-21-7-2-8-22-37)55-50(58-53)38-23-9-3-10-24-38/h1-35H. The van der Waals surface area contributed by atoms with Crippen molar-refractivity contribution in [2.75, 3.05) is 0 Å². The quantitative estimate of drug-likeness (QED) is 0.153. The van der Waals surface area contributed by atoms with Gasteiger partial charge in [0.25, 0.3) is 0 Å². The smallest absolute Gasteiger partial charge is 0.166 e. The van der Waals surface area contributed by atoms with Gasteiger partial charge >= 0.3 is 0 Å². The van der Waals surface area contributed by atoms with Gasteiger partial charge in [0.1, 0.15) is 0 Å². The second kappa shape index (κ2) is 15.4. The van der Waals surface area contributed by atoms with Crippen molar-refractivity contribution in [2.45, 2.75) is 0 Å². The van der Waals surface area contributed by atoms with Gasteiger partial charge in [0.05, 0.1) is 16.7 Å². The molecule has 0 atom stereocenters. The summed E-state index contributed by atoms with van der Waals surface area (Å²) < 4.78 is 2.31. The summed E-state index contributed by atoms with van der Waals surface area (Å²) in [6, 6.07) is 72.2. The highest BCUT2D eigenvalue weighted by Crippen LogP contribution is 2.40. The maximum Gasteiger partial charge on any atom is 0.166 e. The lowest BCUT2D eigenvalue weighted by molar-refractivity contribution is 1.06. The van der Waals surface area contributed by atoms with E-state index in [2.05, 4.69) is 114 Å². The molecule has 61 heavy (non-hydrogen) atoms. The SMILES string of the molecule is c1ccc(-c2cccc(-c3nc(-c4ccccc4)nc(-c4cccc5c4c4ccccc4n5-c4ccccc4-c4nc(-c5ccccc5)nc(-c5ccccc5)n4)n3)c2)cc1. The van der Waals surface area contributed by atoms with Crippen LogP contribution >= 0.6 is 0 Å². The normalized spacial score (nSPS) is 11.3. The topological polar surface area (TPSA) is 82.3 Å². The van der Waals surface area contributed by atoms with Crippen LogP contribution in [0.3, 0.4) is 0 Å². The predicted molar refractivity (Wildman–Crippen MR) is 246 cm³/mol. The number of aromatic nitrogens is 7. The summed E-state index contributed by atoms with van der Waals surface area (Å²) in [7, 11) is 0. The van der Waals surface area contributed by atoms with Crippen molar-refractivity contribution >= 4 is 21.8 Å². The zero-order valence-electron chi connectivity index (χ0n) is 32.8. The summed E-state index contributed by atoms with van der Waals surface area (Å²) in [4.78, 5) is 30.8. The van der Waals surface area contributed by atoms with Crippen molar-refractivity contribution in [1.29, 1.82) is 0 Å². The summed E-state index contributed by atoms with van der Waals surface area (Å²) in [5, 5.41) is 2.11. The molecule has 3 heterocycles. The van der Waals surface area contributed by atoms with Crippen LogP contribution < -0.4 is 0 Å². The Balaban J connectivity index is 1.13. The number of rotatable bonds is 8. The first kappa shape index (κ1) is 35.7. The molecule has 11 aromatic rings. The number of benzene rings is 8. The average Bonchev–Trinajstić information content (AvgIpc) is 3.69. The van der Waals surface area contributed by atoms with E-state index < -0.39 is 0 Å². The summed E-state index contributed by atoms with van der Waals surface area (Å²) in [5.41, 5.74) is 10.6. The monoisotopic (exact) mass is 781 g/mol. The Morgan fingerprint density at radius 1 is 0.262 bits per heavy atom. The molecule has 3 aromatic heterocycles. The van der Waals surface area contributed by atoms with Crippen LogP contribution in [0, 0.1) is 0 Å². The van der Waals surface area contributed by atoms with Gasteiger partial charge in [-0.25, -0.2) is 29.9 Å². The summed E-state index contributed by atoms with van der Waals surface area (Å²) >= 11 is 0. The Labute approximate surface area is 352 Å². The van der Waals surface area contributed by atoms with Crippen LogP contribution in [-0.2, 0) is 0 Å². The molecule has 11 rings (SSSR count). The number of para-hydroxylation sites is 2. The van der Waals surface area contributed by atoms with Crippen LogP contribution in [0.2, 0.25) is 0 Å². The lowest BCUT2D eigenvalue weighted by Crippen LogP contribution is -2.03. The van der Waals surface area contributed by atoms with Crippen LogP contribution in [0.5, 0.6) is 0 Å². The lowest BCUT2D eigenvalue weighted by atomic mass is 10.0. The van der Waals surface area contributed by atoms with Gasteiger partial charge in [-0.15, -0.1) is 0 Å². The molecular weight excluding hydrogens is 747 g/mol. The maximum absolute atomic E-state index is 5.26. The summed E-state index contributed by atoms with van der Waals surface area (Å²) in [6.45, 7) is 0. The average molecular weight is 782 g/mol. The molecule has 0 radical (unpaired) electrons. The second-order valence-corrected chi connectivity index (χ2v) is 14.7. The van der Waals surface area contributed by atoms with Crippen LogP contribution in [0.15, 0.2) is 212 Å². The van der Waals surface area contributed by atoms with E-state index in [1.165, 1.54) is 0 Å². The molecule has 0 bridgehead atoms. The molecule has 0 aliphatic rings. The van der Waals surface area contributed by atoms with E-state index in [0.29, 0.717) is 34.9 Å². The third-order valence-electron chi connectivity index (χ3n) is 10.9. The van der Waals surface area contributed by atoms with E-state index in [4.69, 9.17) is 29.9 Å². The highest BCUT2D eigenvalue weighted by Gasteiger charge is 2.22. The van der Waals surface area contributed by atoms with Gasteiger partial charge in [0.2, 0.25) is 0 Å². The van der Waals surface area contributed by atoms with Gasteiger partial charge < -0.3 is 4.57 Å². The van der Waals surface area contributed by atoms with Crippen LogP contribution in [0.4, 0.5) is 0 Å². The molecular formula is C54H35N7. The van der Waals surface area contributed by atoms with Gasteiger partial charge in [-0.05, 0) is 41.5 Å². The minimum absolute atomic E-state index is 0.581. The van der Waals surface area contributed by atoms with Gasteiger partial charge in [0.15, 0.2) is 34.9 Å². The number of fused-ring (bicyclic) bond motifs is 3. The van der Waals surface area contributed by atoms with E-state index in [1.54, 1.807) is 0 Å². The van der Waals surface area contributed by atoms with Crippen molar-refractivity contribution in [2.24, 2.45) is 0 Å². The molecule has 0 saturated heterocycles. The molecule has 0 saturated carbocycles. The van der Waals surface area contributed by atoms with Crippen molar-refractivity contribution in [3.8, 4) is 85.1 Å². The van der Waals surface area contributed by atoms with Crippen molar-refractivity contribution < 1.29 is 0 Å². The largest absolute Gasteiger partial charge is 0.308 e. The highest BCUT2D eigenvalue weighted by atomic mass is 15.1. The molecule has 7 nitrogen and oxygen atoms in total. The second-order valence-electron chi connectivity index (χ2n) is 14.7. The van der Waals surface area contributed by atoms with Gasteiger partial charge in [0, 0.05) is 44.2 Å². The number of nitrogens with zero attached hydrogens (tertiary/aromatic N) is 7. The van der Waals surface area contributed by atoms with Crippen LogP contribution in [-0.4, -0.2) is 34.5 Å². The van der Waals surface area contributed by atoms with E-state index in [9.17, 15) is 0 Å². The molecule has 0 amide bonds. The molecule has 286 valence electrons. The summed E-state index contributed by atoms with van der Waals surface area (Å²) in [6.07, 6.45) is 0. The summed E-state index contributed by atoms with van der Waals surface area (Å²) in [5.74, 6) is 3.60. The van der Waals surface area contributed by atoms with Gasteiger partial charge in [-0.1, -0.05) is 182 Å². The van der Waals surface area contributed by atoms with Crippen molar-refractivity contribution in [1.82, 2.24) is 34.5 Å². The number of hydrogen-bond acceptors (Lipinski definition) is 6. The zero-order chi connectivity index (χ0) is 40.5. The van der Waals surface area contributed by atoms with Crippen molar-refractivity contribution in [3.63, 3.8) is 0 Å². The van der Waals surface area contributed by atoms with Crippen LogP contribution in [0.1, 0.15) is 0 Å². The third-order valence-corrected chi connectivity index (χ3v) is 10.9. The van der Waals surface area contributed by atoms with E-state index in [0.717, 1.165) is 72.0 Å². The van der Waals surface area contributed by atoms with E-state index in [1.807, 2.05) is 103 Å². The first-order valence-electron chi connectivity index (χ1n) is 20.2. The molecule has 0 spiro atoms. The van der Waals surface area contributed by atoms with Gasteiger partial charge in [-0.2, -0.15) is 0 Å². The van der Waals surface area contributed by atoms with Crippen molar-refractivity contribution in [3.05, 3.63) is 212 Å². The van der Waals surface area contributed by atoms with E-state index in [-0.39, 0.29) is 0 Å². The predicted octanol–water partition coefficient (Wildman–Crippen LogP) is 12.8. The fraction of sp³-hybridized carbons (Fsp3) is 0. The molecule has 0 fully saturated rings. The van der Waals surface area contributed by atoms with E-state index >= 15 is 0 Å². The Bertz CT molecular complexity index is 3290. The molecule has 0 unspecified atom stereocenters.